The molecule has 9 nitrogen and oxygen atoms in total. The first kappa shape index (κ1) is 17.8. The van der Waals surface area contributed by atoms with Crippen molar-refractivity contribution in [1.29, 1.82) is 0 Å². The molecule has 3 heterocycles. The molecule has 138 valence electrons. The Morgan fingerprint density at radius 3 is 2.62 bits per heavy atom. The molecule has 0 bridgehead atoms. The van der Waals surface area contributed by atoms with Crippen LogP contribution in [0.1, 0.15) is 5.56 Å². The quantitative estimate of drug-likeness (QED) is 0.722. The molecule has 0 saturated carbocycles. The second kappa shape index (κ2) is 6.51. The van der Waals surface area contributed by atoms with E-state index in [1.807, 2.05) is 0 Å². The van der Waals surface area contributed by atoms with Crippen molar-refractivity contribution in [3.63, 3.8) is 0 Å². The van der Waals surface area contributed by atoms with Crippen LogP contribution in [-0.4, -0.2) is 61.6 Å². The van der Waals surface area contributed by atoms with E-state index in [9.17, 15) is 8.42 Å². The van der Waals surface area contributed by atoms with Gasteiger partial charge in [0.2, 0.25) is 10.0 Å². The summed E-state index contributed by atoms with van der Waals surface area (Å²) in [4.78, 5) is 13.0. The monoisotopic (exact) mass is 394 g/mol. The van der Waals surface area contributed by atoms with E-state index < -0.39 is 21.2 Å². The SMILES string of the molecule is NC1N=C2C(=NC=NC2(N)c2ccc(S(=O)(=O)N3CCOCC3)cc2)S1. The number of hydrogen-bond acceptors (Lipinski definition) is 9. The summed E-state index contributed by atoms with van der Waals surface area (Å²) in [5.41, 5.74) is 11.8. The van der Waals surface area contributed by atoms with Crippen LogP contribution in [0.3, 0.4) is 0 Å². The molecule has 26 heavy (non-hydrogen) atoms. The fourth-order valence-corrected chi connectivity index (χ4v) is 5.22. The van der Waals surface area contributed by atoms with Crippen molar-refractivity contribution < 1.29 is 13.2 Å². The number of ether oxygens (including phenoxy) is 1. The summed E-state index contributed by atoms with van der Waals surface area (Å²) in [6, 6.07) is 6.39. The maximum atomic E-state index is 12.7. The molecule has 0 amide bonds. The number of thioether (sulfide) groups is 1. The average Bonchev–Trinajstić information content (AvgIpc) is 3.05. The second-order valence-corrected chi connectivity index (χ2v) is 9.02. The average molecular weight is 394 g/mol. The van der Waals surface area contributed by atoms with Gasteiger partial charge in [-0.3, -0.25) is 10.7 Å². The molecular formula is C15H18N6O3S2. The number of benzene rings is 1. The Labute approximate surface area is 155 Å². The minimum absolute atomic E-state index is 0.208. The maximum absolute atomic E-state index is 12.7. The molecule has 3 aliphatic rings. The van der Waals surface area contributed by atoms with Crippen molar-refractivity contribution in [3.8, 4) is 0 Å². The van der Waals surface area contributed by atoms with E-state index in [0.29, 0.717) is 42.6 Å². The normalized spacial score (nSPS) is 29.2. The van der Waals surface area contributed by atoms with E-state index in [0.717, 1.165) is 0 Å². The maximum Gasteiger partial charge on any atom is 0.243 e. The molecular weight excluding hydrogens is 376 g/mol. The van der Waals surface area contributed by atoms with E-state index in [1.165, 1.54) is 34.5 Å². The zero-order valence-corrected chi connectivity index (χ0v) is 15.4. The fraction of sp³-hybridized carbons (Fsp3) is 0.400. The molecule has 0 aliphatic carbocycles. The van der Waals surface area contributed by atoms with Gasteiger partial charge in [0.1, 0.15) is 17.1 Å². The summed E-state index contributed by atoms with van der Waals surface area (Å²) in [7, 11) is -3.56. The molecule has 0 radical (unpaired) electrons. The lowest BCUT2D eigenvalue weighted by Gasteiger charge is -2.28. The first-order valence-electron chi connectivity index (χ1n) is 8.01. The molecule has 1 aromatic rings. The standard InChI is InChI=1S/C15H18N6O3S2/c16-14-20-12-13(25-14)18-9-19-15(12,17)10-1-3-11(4-2-10)26(22,23)21-5-7-24-8-6-21/h1-4,9,14H,5-8,16-17H2. The molecule has 0 aromatic heterocycles. The van der Waals surface area contributed by atoms with Crippen LogP contribution in [0.25, 0.3) is 0 Å². The largest absolute Gasteiger partial charge is 0.379 e. The third kappa shape index (κ3) is 2.90. The van der Waals surface area contributed by atoms with E-state index in [-0.39, 0.29) is 4.90 Å². The summed E-state index contributed by atoms with van der Waals surface area (Å²) in [5.74, 6) is 0. The van der Waals surface area contributed by atoms with E-state index in [1.54, 1.807) is 12.1 Å². The fourth-order valence-electron chi connectivity index (χ4n) is 2.99. The zero-order chi connectivity index (χ0) is 18.4. The van der Waals surface area contributed by atoms with Crippen molar-refractivity contribution >= 4 is 38.9 Å². The molecule has 2 unspecified atom stereocenters. The van der Waals surface area contributed by atoms with Gasteiger partial charge >= 0.3 is 0 Å². The molecule has 1 saturated heterocycles. The molecule has 1 aromatic carbocycles. The topological polar surface area (TPSA) is 136 Å². The summed E-state index contributed by atoms with van der Waals surface area (Å²) < 4.78 is 32.1. The molecule has 11 heteroatoms. The van der Waals surface area contributed by atoms with Crippen LogP contribution in [0.4, 0.5) is 0 Å². The third-order valence-electron chi connectivity index (χ3n) is 4.39. The third-order valence-corrected chi connectivity index (χ3v) is 7.17. The van der Waals surface area contributed by atoms with Gasteiger partial charge in [-0.25, -0.2) is 18.4 Å². The van der Waals surface area contributed by atoms with Gasteiger partial charge in [-0.2, -0.15) is 4.31 Å². The van der Waals surface area contributed by atoms with Crippen LogP contribution < -0.4 is 11.5 Å². The summed E-state index contributed by atoms with van der Waals surface area (Å²) in [6.45, 7) is 1.50. The number of hydrogen-bond donors (Lipinski definition) is 2. The van der Waals surface area contributed by atoms with Crippen molar-refractivity contribution in [3.05, 3.63) is 29.8 Å². The van der Waals surface area contributed by atoms with Gasteiger partial charge in [0, 0.05) is 18.7 Å². The van der Waals surface area contributed by atoms with Gasteiger partial charge in [-0.1, -0.05) is 23.9 Å². The Bertz CT molecular complexity index is 906. The van der Waals surface area contributed by atoms with Crippen molar-refractivity contribution in [2.75, 3.05) is 26.3 Å². The van der Waals surface area contributed by atoms with Gasteiger partial charge < -0.3 is 10.5 Å². The molecule has 1 fully saturated rings. The van der Waals surface area contributed by atoms with Gasteiger partial charge in [-0.15, -0.1) is 0 Å². The number of sulfonamides is 1. The number of morpholine rings is 1. The molecule has 3 aliphatic heterocycles. The van der Waals surface area contributed by atoms with Crippen LogP contribution in [0.15, 0.2) is 44.1 Å². The Kier molecular flexibility index (Phi) is 4.45. The lowest BCUT2D eigenvalue weighted by Crippen LogP contribution is -2.47. The summed E-state index contributed by atoms with van der Waals surface area (Å²) >= 11 is 1.31. The molecule has 2 atom stereocenters. The Hall–Kier alpha value is -1.63. The first-order chi connectivity index (χ1) is 12.4. The zero-order valence-electron chi connectivity index (χ0n) is 13.8. The minimum Gasteiger partial charge on any atom is -0.379 e. The van der Waals surface area contributed by atoms with Gasteiger partial charge in [0.05, 0.1) is 18.1 Å². The van der Waals surface area contributed by atoms with Crippen LogP contribution in [0.2, 0.25) is 0 Å². The van der Waals surface area contributed by atoms with Crippen LogP contribution in [-0.2, 0) is 20.4 Å². The Morgan fingerprint density at radius 2 is 1.92 bits per heavy atom. The summed E-state index contributed by atoms with van der Waals surface area (Å²) in [5, 5.41) is 0.639. The smallest absolute Gasteiger partial charge is 0.243 e. The highest BCUT2D eigenvalue weighted by molar-refractivity contribution is 8.16. The van der Waals surface area contributed by atoms with Gasteiger partial charge in [0.15, 0.2) is 11.2 Å². The van der Waals surface area contributed by atoms with Crippen molar-refractivity contribution in [2.24, 2.45) is 26.4 Å². The first-order valence-corrected chi connectivity index (χ1v) is 10.3. The molecule has 4 rings (SSSR count). The number of aliphatic imine (C=N–C) groups is 3. The van der Waals surface area contributed by atoms with Crippen LogP contribution in [0.5, 0.6) is 0 Å². The van der Waals surface area contributed by atoms with Crippen molar-refractivity contribution in [2.45, 2.75) is 16.1 Å². The molecule has 4 N–H and O–H groups in total. The predicted octanol–water partition coefficient (Wildman–Crippen LogP) is -0.310. The Balaban J connectivity index is 1.65. The highest BCUT2D eigenvalue weighted by atomic mass is 32.2. The van der Waals surface area contributed by atoms with Gasteiger partial charge in [-0.05, 0) is 12.1 Å². The lowest BCUT2D eigenvalue weighted by atomic mass is 9.95. The highest BCUT2D eigenvalue weighted by Gasteiger charge is 2.42. The number of nitrogens with zero attached hydrogens (tertiary/aromatic N) is 4. The van der Waals surface area contributed by atoms with Gasteiger partial charge in [0.25, 0.3) is 0 Å². The van der Waals surface area contributed by atoms with E-state index in [4.69, 9.17) is 16.2 Å². The van der Waals surface area contributed by atoms with Crippen LogP contribution >= 0.6 is 11.8 Å². The Morgan fingerprint density at radius 1 is 1.23 bits per heavy atom. The van der Waals surface area contributed by atoms with Crippen molar-refractivity contribution in [1.82, 2.24) is 4.31 Å². The summed E-state index contributed by atoms with van der Waals surface area (Å²) in [6.07, 6.45) is 1.39. The second-order valence-electron chi connectivity index (χ2n) is 5.97. The van der Waals surface area contributed by atoms with E-state index in [2.05, 4.69) is 15.0 Å². The number of fused-ring (bicyclic) bond motifs is 1. The number of rotatable bonds is 3. The highest BCUT2D eigenvalue weighted by Crippen LogP contribution is 2.33. The number of nitrogens with two attached hydrogens (primary N) is 2. The van der Waals surface area contributed by atoms with Crippen LogP contribution in [0, 0.1) is 0 Å². The minimum atomic E-state index is -3.56. The van der Waals surface area contributed by atoms with E-state index >= 15 is 0 Å². The molecule has 0 spiro atoms. The predicted molar refractivity (Wildman–Crippen MR) is 101 cm³/mol. The lowest BCUT2D eigenvalue weighted by molar-refractivity contribution is 0.0730.